The van der Waals surface area contributed by atoms with Gasteiger partial charge in [0.25, 0.3) is 0 Å². The summed E-state index contributed by atoms with van der Waals surface area (Å²) in [6.07, 6.45) is 0. The average molecular weight is 358 g/mol. The molecule has 0 aliphatic carbocycles. The number of urea groups is 1. The highest BCUT2D eigenvalue weighted by atomic mass is 16.2. The van der Waals surface area contributed by atoms with E-state index in [9.17, 15) is 14.4 Å². The van der Waals surface area contributed by atoms with Gasteiger partial charge in [-0.15, -0.1) is 0 Å². The van der Waals surface area contributed by atoms with Crippen LogP contribution in [0.3, 0.4) is 0 Å². The molecule has 0 atom stereocenters. The number of ketones is 2. The maximum Gasteiger partial charge on any atom is 0.320 e. The molecule has 2 amide bonds. The smallest absolute Gasteiger partial charge is 0.320 e. The fraction of sp³-hybridized carbons (Fsp3) is 0.0455. The van der Waals surface area contributed by atoms with Crippen molar-refractivity contribution in [2.75, 3.05) is 5.32 Å². The zero-order chi connectivity index (χ0) is 19.1. The lowest BCUT2D eigenvalue weighted by Crippen LogP contribution is -2.48. The molecule has 3 aromatic carbocycles. The first-order valence-electron chi connectivity index (χ1n) is 8.46. The molecule has 0 saturated carbocycles. The molecule has 0 bridgehead atoms. The third kappa shape index (κ3) is 4.67. The number of anilines is 1. The maximum absolute atomic E-state index is 12.9. The third-order valence-corrected chi connectivity index (χ3v) is 3.95. The van der Waals surface area contributed by atoms with Crippen LogP contribution in [0.25, 0.3) is 0 Å². The van der Waals surface area contributed by atoms with Gasteiger partial charge in [-0.1, -0.05) is 78.9 Å². The number of carbonyl (C=O) groups excluding carboxylic acids is 3. The fourth-order valence-electron chi connectivity index (χ4n) is 2.61. The number of rotatable bonds is 6. The number of hydrogen-bond acceptors (Lipinski definition) is 3. The van der Waals surface area contributed by atoms with Gasteiger partial charge in [0.15, 0.2) is 17.6 Å². The Labute approximate surface area is 157 Å². The van der Waals surface area contributed by atoms with Gasteiger partial charge in [-0.3, -0.25) is 9.59 Å². The van der Waals surface area contributed by atoms with Crippen molar-refractivity contribution in [2.24, 2.45) is 0 Å². The van der Waals surface area contributed by atoms with Gasteiger partial charge in [0.05, 0.1) is 0 Å². The van der Waals surface area contributed by atoms with Gasteiger partial charge in [-0.2, -0.15) is 0 Å². The summed E-state index contributed by atoms with van der Waals surface area (Å²) >= 11 is 0. The Morgan fingerprint density at radius 3 is 1.44 bits per heavy atom. The SMILES string of the molecule is O=C(Nc1ccccc1)NC(C(=O)c1ccccc1)C(=O)c1ccccc1. The van der Waals surface area contributed by atoms with E-state index in [1.165, 1.54) is 0 Å². The fourth-order valence-corrected chi connectivity index (χ4v) is 2.61. The van der Waals surface area contributed by atoms with Crippen LogP contribution in [-0.2, 0) is 0 Å². The summed E-state index contributed by atoms with van der Waals surface area (Å²) in [5.74, 6) is -0.930. The average Bonchev–Trinajstić information content (AvgIpc) is 2.73. The van der Waals surface area contributed by atoms with Crippen molar-refractivity contribution in [1.29, 1.82) is 0 Å². The van der Waals surface area contributed by atoms with Crippen molar-refractivity contribution in [3.05, 3.63) is 102 Å². The van der Waals surface area contributed by atoms with Gasteiger partial charge >= 0.3 is 6.03 Å². The van der Waals surface area contributed by atoms with E-state index in [1.54, 1.807) is 84.9 Å². The van der Waals surface area contributed by atoms with E-state index in [0.29, 0.717) is 16.8 Å². The van der Waals surface area contributed by atoms with Crippen LogP contribution in [-0.4, -0.2) is 23.6 Å². The quantitative estimate of drug-likeness (QED) is 0.518. The number of Topliss-reactive ketones (excluding diaryl/α,β-unsaturated/α-hetero) is 2. The summed E-state index contributed by atoms with van der Waals surface area (Å²) < 4.78 is 0. The molecule has 0 aromatic heterocycles. The molecule has 0 spiro atoms. The number of amides is 2. The Kier molecular flexibility index (Phi) is 5.74. The normalized spacial score (nSPS) is 10.3. The predicted octanol–water partition coefficient (Wildman–Crippen LogP) is 3.94. The second-order valence-electron chi connectivity index (χ2n) is 5.86. The van der Waals surface area contributed by atoms with Crippen molar-refractivity contribution in [3.8, 4) is 0 Å². The van der Waals surface area contributed by atoms with E-state index in [-0.39, 0.29) is 0 Å². The summed E-state index contributed by atoms with van der Waals surface area (Å²) in [6, 6.07) is 23.7. The highest BCUT2D eigenvalue weighted by Crippen LogP contribution is 2.11. The second kappa shape index (κ2) is 8.58. The van der Waals surface area contributed by atoms with Gasteiger partial charge in [-0.05, 0) is 12.1 Å². The lowest BCUT2D eigenvalue weighted by molar-refractivity contribution is 0.0844. The van der Waals surface area contributed by atoms with Crippen LogP contribution in [0.1, 0.15) is 20.7 Å². The third-order valence-electron chi connectivity index (χ3n) is 3.95. The zero-order valence-electron chi connectivity index (χ0n) is 14.5. The summed E-state index contributed by atoms with van der Waals surface area (Å²) in [6.45, 7) is 0. The number of carbonyl (C=O) groups is 3. The van der Waals surface area contributed by atoms with Crippen molar-refractivity contribution in [3.63, 3.8) is 0 Å². The van der Waals surface area contributed by atoms with E-state index >= 15 is 0 Å². The number of para-hydroxylation sites is 1. The second-order valence-corrected chi connectivity index (χ2v) is 5.86. The van der Waals surface area contributed by atoms with E-state index in [2.05, 4.69) is 10.6 Å². The molecule has 0 fully saturated rings. The van der Waals surface area contributed by atoms with Gasteiger partial charge in [0, 0.05) is 16.8 Å². The maximum atomic E-state index is 12.9. The molecule has 0 saturated heterocycles. The molecule has 5 heteroatoms. The van der Waals surface area contributed by atoms with Crippen LogP contribution < -0.4 is 10.6 Å². The van der Waals surface area contributed by atoms with Crippen molar-refractivity contribution < 1.29 is 14.4 Å². The van der Waals surface area contributed by atoms with Crippen LogP contribution in [0.4, 0.5) is 10.5 Å². The first-order valence-corrected chi connectivity index (χ1v) is 8.46. The Hall–Kier alpha value is -3.73. The number of benzene rings is 3. The number of hydrogen-bond donors (Lipinski definition) is 2. The molecule has 0 unspecified atom stereocenters. The predicted molar refractivity (Wildman–Crippen MR) is 104 cm³/mol. The minimum atomic E-state index is -1.32. The molecule has 2 N–H and O–H groups in total. The molecule has 3 aromatic rings. The largest absolute Gasteiger partial charge is 0.320 e. The molecule has 0 radical (unpaired) electrons. The van der Waals surface area contributed by atoms with Crippen LogP contribution in [0.2, 0.25) is 0 Å². The van der Waals surface area contributed by atoms with E-state index in [1.807, 2.05) is 6.07 Å². The first kappa shape index (κ1) is 18.1. The molecule has 5 nitrogen and oxygen atoms in total. The van der Waals surface area contributed by atoms with E-state index in [0.717, 1.165) is 0 Å². The Balaban J connectivity index is 1.84. The van der Waals surface area contributed by atoms with Crippen molar-refractivity contribution in [1.82, 2.24) is 5.32 Å². The minimum Gasteiger partial charge on any atom is -0.320 e. The van der Waals surface area contributed by atoms with Crippen molar-refractivity contribution >= 4 is 23.3 Å². The summed E-state index contributed by atoms with van der Waals surface area (Å²) in [5, 5.41) is 5.14. The Morgan fingerprint density at radius 2 is 1.00 bits per heavy atom. The Morgan fingerprint density at radius 1 is 0.593 bits per heavy atom. The lowest BCUT2D eigenvalue weighted by atomic mass is 9.96. The standard InChI is InChI=1S/C22H18N2O3/c25-20(16-10-4-1-5-11-16)19(21(26)17-12-6-2-7-13-17)24-22(27)23-18-14-8-3-9-15-18/h1-15,19H,(H2,23,24,27). The van der Waals surface area contributed by atoms with Crippen molar-refractivity contribution in [2.45, 2.75) is 6.04 Å². The van der Waals surface area contributed by atoms with E-state index in [4.69, 9.17) is 0 Å². The highest BCUT2D eigenvalue weighted by Gasteiger charge is 2.30. The number of nitrogens with one attached hydrogen (secondary N) is 2. The molecule has 134 valence electrons. The van der Waals surface area contributed by atoms with Crippen LogP contribution in [0.5, 0.6) is 0 Å². The molecule has 0 aliphatic rings. The monoisotopic (exact) mass is 358 g/mol. The lowest BCUT2D eigenvalue weighted by Gasteiger charge is -2.17. The minimum absolute atomic E-state index is 0.354. The van der Waals surface area contributed by atoms with Gasteiger partial charge in [-0.25, -0.2) is 4.79 Å². The first-order chi connectivity index (χ1) is 13.1. The topological polar surface area (TPSA) is 75.3 Å². The van der Waals surface area contributed by atoms with Crippen LogP contribution in [0.15, 0.2) is 91.0 Å². The molecular formula is C22H18N2O3. The zero-order valence-corrected chi connectivity index (χ0v) is 14.5. The highest BCUT2D eigenvalue weighted by molar-refractivity contribution is 6.21. The van der Waals surface area contributed by atoms with Crippen LogP contribution in [0, 0.1) is 0 Å². The Bertz CT molecular complexity index is 874. The summed E-state index contributed by atoms with van der Waals surface area (Å²) in [5.41, 5.74) is 1.27. The summed E-state index contributed by atoms with van der Waals surface area (Å²) in [4.78, 5) is 38.1. The molecular weight excluding hydrogens is 340 g/mol. The van der Waals surface area contributed by atoms with Crippen LogP contribution >= 0.6 is 0 Å². The van der Waals surface area contributed by atoms with Gasteiger partial charge in [0.2, 0.25) is 0 Å². The molecule has 3 rings (SSSR count). The van der Waals surface area contributed by atoms with Gasteiger partial charge in [0.1, 0.15) is 0 Å². The summed E-state index contributed by atoms with van der Waals surface area (Å²) in [7, 11) is 0. The van der Waals surface area contributed by atoms with E-state index < -0.39 is 23.6 Å². The van der Waals surface area contributed by atoms with Gasteiger partial charge < -0.3 is 10.6 Å². The molecule has 27 heavy (non-hydrogen) atoms. The molecule has 0 heterocycles. The molecule has 0 aliphatic heterocycles.